The van der Waals surface area contributed by atoms with E-state index >= 15 is 0 Å². The van der Waals surface area contributed by atoms with E-state index in [1.54, 1.807) is 5.19 Å². The Hall–Kier alpha value is -2.03. The lowest BCUT2D eigenvalue weighted by Gasteiger charge is -2.21. The van der Waals surface area contributed by atoms with Gasteiger partial charge in [-0.05, 0) is 49.7 Å². The van der Waals surface area contributed by atoms with Crippen LogP contribution < -0.4 is 5.19 Å². The van der Waals surface area contributed by atoms with Crippen LogP contribution in [0.1, 0.15) is 6.92 Å². The van der Waals surface area contributed by atoms with Crippen molar-refractivity contribution < 1.29 is 0 Å². The Morgan fingerprint density at radius 2 is 1.42 bits per heavy atom. The first-order valence-corrected chi connectivity index (χ1v) is 12.7. The van der Waals surface area contributed by atoms with Crippen LogP contribution in [0.15, 0.2) is 77.7 Å². The molecule has 4 aromatic carbocycles. The lowest BCUT2D eigenvalue weighted by atomic mass is 9.94. The minimum Gasteiger partial charge on any atom is -0.127 e. The molecule has 0 saturated carbocycles. The maximum absolute atomic E-state index is 2.42. The zero-order valence-electron chi connectivity index (χ0n) is 15.5. The van der Waals surface area contributed by atoms with Gasteiger partial charge in [0.05, 0.1) is 8.80 Å². The summed E-state index contributed by atoms with van der Waals surface area (Å²) in [4.78, 5) is 1.47. The fourth-order valence-corrected chi connectivity index (χ4v) is 6.74. The summed E-state index contributed by atoms with van der Waals surface area (Å²) in [7, 11) is -0.620. The van der Waals surface area contributed by atoms with E-state index in [4.69, 9.17) is 0 Å². The van der Waals surface area contributed by atoms with Crippen molar-refractivity contribution >= 4 is 47.3 Å². The van der Waals surface area contributed by atoms with Crippen LogP contribution in [0.5, 0.6) is 0 Å². The zero-order chi connectivity index (χ0) is 18.1. The van der Waals surface area contributed by atoms with Gasteiger partial charge in [0.1, 0.15) is 0 Å². The third-order valence-corrected chi connectivity index (χ3v) is 7.49. The van der Waals surface area contributed by atoms with Gasteiger partial charge in [0, 0.05) is 4.90 Å². The summed E-state index contributed by atoms with van der Waals surface area (Å²) >= 11 is 1.98. The quantitative estimate of drug-likeness (QED) is 0.283. The van der Waals surface area contributed by atoms with Gasteiger partial charge in [-0.15, -0.1) is 11.8 Å². The van der Waals surface area contributed by atoms with Crippen molar-refractivity contribution in [3.8, 4) is 11.1 Å². The monoisotopic (exact) mass is 371 g/mol. The predicted octanol–water partition coefficient (Wildman–Crippen LogP) is 6.73. The van der Waals surface area contributed by atoms with E-state index in [0.717, 1.165) is 5.75 Å². The lowest BCUT2D eigenvalue weighted by Crippen LogP contribution is -2.27. The molecule has 0 bridgehead atoms. The molecule has 2 heteroatoms. The molecule has 0 unspecified atom stereocenters. The second-order valence-electron chi connectivity index (χ2n) is 6.81. The van der Waals surface area contributed by atoms with Crippen molar-refractivity contribution in [2.24, 2.45) is 0 Å². The van der Waals surface area contributed by atoms with Gasteiger partial charge in [-0.25, -0.2) is 0 Å². The van der Waals surface area contributed by atoms with E-state index < -0.39 is 8.80 Å². The zero-order valence-corrected chi connectivity index (χ0v) is 17.4. The Labute approximate surface area is 161 Å². The molecule has 26 heavy (non-hydrogen) atoms. The molecule has 0 aromatic heterocycles. The van der Waals surface area contributed by atoms with Crippen LogP contribution in [-0.4, -0.2) is 14.5 Å². The molecule has 4 aromatic rings. The first-order chi connectivity index (χ1) is 12.7. The van der Waals surface area contributed by atoms with Gasteiger partial charge in [-0.3, -0.25) is 0 Å². The number of thioether (sulfide) groups is 1. The fourth-order valence-electron chi connectivity index (χ4n) is 3.81. The molecule has 0 heterocycles. The Morgan fingerprint density at radius 1 is 0.769 bits per heavy atom. The number of benzene rings is 4. The molecule has 0 aliphatic rings. The highest BCUT2D eigenvalue weighted by atomic mass is 32.2. The molecule has 129 valence electrons. The Morgan fingerprint density at radius 3 is 2.15 bits per heavy atom. The average Bonchev–Trinajstić information content (AvgIpc) is 2.66. The number of fused-ring (bicyclic) bond motifs is 2. The van der Waals surface area contributed by atoms with Crippen LogP contribution in [0, 0.1) is 0 Å². The second-order valence-corrected chi connectivity index (χ2v) is 10.6. The number of hydrogen-bond acceptors (Lipinski definition) is 1. The molecule has 1 radical (unpaired) electrons. The van der Waals surface area contributed by atoms with Gasteiger partial charge in [-0.1, -0.05) is 86.7 Å². The Bertz CT molecular complexity index is 1080. The molecule has 0 fully saturated rings. The van der Waals surface area contributed by atoms with Crippen LogP contribution in [0.4, 0.5) is 0 Å². The number of hydrogen-bond donors (Lipinski definition) is 0. The summed E-state index contributed by atoms with van der Waals surface area (Å²) in [5.41, 5.74) is 2.83. The lowest BCUT2D eigenvalue weighted by molar-refractivity contribution is 1.47. The van der Waals surface area contributed by atoms with Crippen molar-refractivity contribution in [1.82, 2.24) is 0 Å². The van der Waals surface area contributed by atoms with Crippen molar-refractivity contribution in [3.05, 3.63) is 72.8 Å². The van der Waals surface area contributed by atoms with Gasteiger partial charge >= 0.3 is 0 Å². The highest BCUT2D eigenvalue weighted by molar-refractivity contribution is 7.99. The molecule has 0 amide bonds. The van der Waals surface area contributed by atoms with E-state index in [1.165, 1.54) is 37.6 Å². The van der Waals surface area contributed by atoms with Crippen LogP contribution in [0.25, 0.3) is 32.7 Å². The molecule has 0 saturated heterocycles. The predicted molar refractivity (Wildman–Crippen MR) is 120 cm³/mol. The van der Waals surface area contributed by atoms with Crippen molar-refractivity contribution in [2.45, 2.75) is 24.9 Å². The largest absolute Gasteiger partial charge is 0.127 e. The third kappa shape index (κ3) is 2.98. The third-order valence-electron chi connectivity index (χ3n) is 4.87. The standard InChI is InChI=1S/C24H23SSi/c1-4-25-22-16-18-11-6-8-14-20(18)23(24(22)26(2)3)21-15-9-12-17-10-5-7-13-19(17)21/h5-16H,4H2,1-3H3. The van der Waals surface area contributed by atoms with E-state index in [-0.39, 0.29) is 0 Å². The maximum atomic E-state index is 2.42. The normalized spacial score (nSPS) is 11.5. The van der Waals surface area contributed by atoms with Crippen LogP contribution in [0.2, 0.25) is 13.1 Å². The summed E-state index contributed by atoms with van der Waals surface area (Å²) < 4.78 is 0. The molecular formula is C24H23SSi. The first kappa shape index (κ1) is 17.4. The summed E-state index contributed by atoms with van der Waals surface area (Å²) in [6.45, 7) is 7.09. The van der Waals surface area contributed by atoms with E-state index in [2.05, 4.69) is 92.8 Å². The van der Waals surface area contributed by atoms with Crippen LogP contribution in [-0.2, 0) is 0 Å². The maximum Gasteiger partial charge on any atom is 0.0815 e. The average molecular weight is 372 g/mol. The fraction of sp³-hybridized carbons (Fsp3) is 0.167. The Kier molecular flexibility index (Phi) is 4.88. The van der Waals surface area contributed by atoms with Crippen LogP contribution >= 0.6 is 11.8 Å². The van der Waals surface area contributed by atoms with Crippen molar-refractivity contribution in [1.29, 1.82) is 0 Å². The smallest absolute Gasteiger partial charge is 0.0815 e. The summed E-state index contributed by atoms with van der Waals surface area (Å²) in [6, 6.07) is 26.8. The molecule has 0 atom stereocenters. The van der Waals surface area contributed by atoms with Gasteiger partial charge in [0.25, 0.3) is 0 Å². The highest BCUT2D eigenvalue weighted by Gasteiger charge is 2.19. The van der Waals surface area contributed by atoms with E-state index in [0.29, 0.717) is 0 Å². The minimum atomic E-state index is -0.620. The second kappa shape index (κ2) is 7.30. The minimum absolute atomic E-state index is 0.620. The molecule has 0 aliphatic heterocycles. The molecule has 0 aliphatic carbocycles. The first-order valence-electron chi connectivity index (χ1n) is 9.18. The summed E-state index contributed by atoms with van der Waals surface area (Å²) in [5.74, 6) is 1.11. The van der Waals surface area contributed by atoms with Gasteiger partial charge in [0.15, 0.2) is 0 Å². The summed E-state index contributed by atoms with van der Waals surface area (Å²) in [6.07, 6.45) is 0. The molecule has 0 N–H and O–H groups in total. The van der Waals surface area contributed by atoms with E-state index in [1.807, 2.05) is 11.8 Å². The topological polar surface area (TPSA) is 0 Å². The van der Waals surface area contributed by atoms with Crippen LogP contribution in [0.3, 0.4) is 0 Å². The van der Waals surface area contributed by atoms with Crippen molar-refractivity contribution in [2.75, 3.05) is 5.75 Å². The van der Waals surface area contributed by atoms with Crippen molar-refractivity contribution in [3.63, 3.8) is 0 Å². The van der Waals surface area contributed by atoms with Gasteiger partial charge in [-0.2, -0.15) is 0 Å². The molecule has 4 rings (SSSR count). The SMILES string of the molecule is CCSc1cc2ccccc2c(-c2cccc3ccccc23)c1[Si](C)C. The van der Waals surface area contributed by atoms with Gasteiger partial charge < -0.3 is 0 Å². The van der Waals surface area contributed by atoms with E-state index in [9.17, 15) is 0 Å². The highest BCUT2D eigenvalue weighted by Crippen LogP contribution is 2.36. The van der Waals surface area contributed by atoms with Gasteiger partial charge in [0.2, 0.25) is 0 Å². The molecule has 0 spiro atoms. The summed E-state index contributed by atoms with van der Waals surface area (Å²) in [5, 5.41) is 6.97. The Balaban J connectivity index is 2.18. The number of rotatable bonds is 4. The molecule has 0 nitrogen and oxygen atoms in total. The molecular weight excluding hydrogens is 348 g/mol.